The molecule has 3 nitrogen and oxygen atoms in total. The Labute approximate surface area is 59.9 Å². The second-order valence-corrected chi connectivity index (χ2v) is 2.29. The third-order valence-electron chi connectivity index (χ3n) is 1.06. The first kappa shape index (κ1) is 8.94. The molecule has 0 heterocycles. The minimum absolute atomic E-state index is 0.340. The maximum atomic E-state index is 10.5. The van der Waals surface area contributed by atoms with E-state index in [4.69, 9.17) is 5.11 Å². The summed E-state index contributed by atoms with van der Waals surface area (Å²) in [4.78, 5) is 10.5. The van der Waals surface area contributed by atoms with Crippen LogP contribution in [-0.4, -0.2) is 29.4 Å². The lowest BCUT2D eigenvalue weighted by atomic mass is 10.2. The summed E-state index contributed by atoms with van der Waals surface area (Å²) < 4.78 is 0. The molecule has 0 aromatic rings. The predicted molar refractivity (Wildman–Crippen MR) is 38.5 cm³/mol. The van der Waals surface area contributed by atoms with Crippen molar-refractivity contribution in [2.75, 3.05) is 7.05 Å². The van der Waals surface area contributed by atoms with Crippen molar-refractivity contribution in [3.8, 4) is 0 Å². The molecular weight excluding hydrogens is 138 g/mol. The molecule has 0 bridgehead atoms. The van der Waals surface area contributed by atoms with Crippen molar-refractivity contribution in [2.24, 2.45) is 0 Å². The van der Waals surface area contributed by atoms with Gasteiger partial charge in [-0.15, -0.1) is 12.6 Å². The molecule has 0 amide bonds. The highest BCUT2D eigenvalue weighted by Gasteiger charge is 2.17. The van der Waals surface area contributed by atoms with Crippen molar-refractivity contribution in [3.63, 3.8) is 0 Å². The van der Waals surface area contributed by atoms with Gasteiger partial charge in [-0.05, 0) is 14.0 Å². The summed E-state index contributed by atoms with van der Waals surface area (Å²) >= 11 is 3.55. The van der Waals surface area contributed by atoms with E-state index in [-0.39, 0.29) is 5.12 Å². The molecule has 0 aromatic carbocycles. The number of hydrogen-bond acceptors (Lipinski definition) is 3. The molecule has 4 heteroatoms. The fraction of sp³-hybridized carbons (Fsp3) is 0.800. The van der Waals surface area contributed by atoms with Crippen LogP contribution in [0.15, 0.2) is 0 Å². The Balaban J connectivity index is 3.83. The summed E-state index contributed by atoms with van der Waals surface area (Å²) in [6.45, 7) is 1.54. The smallest absolute Gasteiger partial charge is 0.205 e. The van der Waals surface area contributed by atoms with Crippen LogP contribution < -0.4 is 5.32 Å². The van der Waals surface area contributed by atoms with E-state index in [1.165, 1.54) is 6.92 Å². The Morgan fingerprint density at radius 3 is 2.22 bits per heavy atom. The Kier molecular flexibility index (Phi) is 3.84. The first-order valence-corrected chi connectivity index (χ1v) is 3.12. The number of aliphatic hydroxyl groups is 1. The lowest BCUT2D eigenvalue weighted by Gasteiger charge is -2.13. The molecule has 0 unspecified atom stereocenters. The fourth-order valence-electron chi connectivity index (χ4n) is 0.571. The highest BCUT2D eigenvalue weighted by atomic mass is 32.1. The van der Waals surface area contributed by atoms with E-state index in [0.29, 0.717) is 0 Å². The highest BCUT2D eigenvalue weighted by Crippen LogP contribution is 1.95. The first-order valence-electron chi connectivity index (χ1n) is 2.67. The summed E-state index contributed by atoms with van der Waals surface area (Å²) in [5, 5.41) is 11.1. The summed E-state index contributed by atoms with van der Waals surface area (Å²) in [5.41, 5.74) is 0. The fourth-order valence-corrected chi connectivity index (χ4v) is 0.916. The van der Waals surface area contributed by atoms with Crippen molar-refractivity contribution in [3.05, 3.63) is 0 Å². The molecule has 2 atom stereocenters. The van der Waals surface area contributed by atoms with Crippen molar-refractivity contribution < 1.29 is 9.90 Å². The van der Waals surface area contributed by atoms with E-state index in [9.17, 15) is 4.79 Å². The second-order valence-electron chi connectivity index (χ2n) is 1.85. The van der Waals surface area contributed by atoms with E-state index in [1.54, 1.807) is 7.05 Å². The molecular formula is C5H11NO2S. The Morgan fingerprint density at radius 1 is 1.78 bits per heavy atom. The number of aliphatic hydroxyl groups excluding tert-OH is 1. The van der Waals surface area contributed by atoms with Gasteiger partial charge in [0.15, 0.2) is 0 Å². The largest absolute Gasteiger partial charge is 0.391 e. The molecule has 0 aliphatic rings. The average Bonchev–Trinajstić information content (AvgIpc) is 1.64. The minimum atomic E-state index is -0.681. The topological polar surface area (TPSA) is 49.3 Å². The number of nitrogens with one attached hydrogen (secondary N) is 1. The number of thiol groups is 1. The lowest BCUT2D eigenvalue weighted by molar-refractivity contribution is -0.114. The molecule has 0 aromatic heterocycles. The van der Waals surface area contributed by atoms with Crippen LogP contribution >= 0.6 is 12.6 Å². The van der Waals surface area contributed by atoms with Crippen molar-refractivity contribution in [2.45, 2.75) is 19.1 Å². The first-order chi connectivity index (χ1) is 4.09. The van der Waals surface area contributed by atoms with Crippen molar-refractivity contribution >= 4 is 17.7 Å². The van der Waals surface area contributed by atoms with Gasteiger partial charge in [0.25, 0.3) is 0 Å². The van der Waals surface area contributed by atoms with Crippen LogP contribution in [0.1, 0.15) is 6.92 Å². The Hall–Kier alpha value is -0.0600. The molecule has 0 saturated carbocycles. The van der Waals surface area contributed by atoms with Gasteiger partial charge in [0, 0.05) is 0 Å². The Morgan fingerprint density at radius 2 is 2.22 bits per heavy atom. The van der Waals surface area contributed by atoms with Crippen molar-refractivity contribution in [1.29, 1.82) is 0 Å². The molecule has 2 N–H and O–H groups in total. The van der Waals surface area contributed by atoms with Gasteiger partial charge in [-0.25, -0.2) is 0 Å². The summed E-state index contributed by atoms with van der Waals surface area (Å²) in [6, 6.07) is -0.548. The molecule has 0 spiro atoms. The van der Waals surface area contributed by atoms with E-state index in [1.807, 2.05) is 0 Å². The highest BCUT2D eigenvalue weighted by molar-refractivity contribution is 7.96. The minimum Gasteiger partial charge on any atom is -0.391 e. The molecule has 54 valence electrons. The SMILES string of the molecule is CN[C@H](C(=O)S)[C@@H](C)O. The summed E-state index contributed by atoms with van der Waals surface area (Å²) in [5.74, 6) is 0. The molecule has 0 radical (unpaired) electrons. The number of likely N-dealkylation sites (N-methyl/N-ethyl adjacent to an activating group) is 1. The van der Waals surface area contributed by atoms with Crippen LogP contribution in [-0.2, 0) is 4.79 Å². The number of hydrogen-bond donors (Lipinski definition) is 3. The molecule has 0 aliphatic carbocycles. The zero-order chi connectivity index (χ0) is 7.44. The average molecular weight is 149 g/mol. The normalized spacial score (nSPS) is 16.9. The molecule has 9 heavy (non-hydrogen) atoms. The summed E-state index contributed by atoms with van der Waals surface area (Å²) in [7, 11) is 1.60. The van der Waals surface area contributed by atoms with Gasteiger partial charge in [-0.2, -0.15) is 0 Å². The molecule has 0 rings (SSSR count). The van der Waals surface area contributed by atoms with Crippen LogP contribution in [0.2, 0.25) is 0 Å². The van der Waals surface area contributed by atoms with Crippen LogP contribution in [0.25, 0.3) is 0 Å². The number of rotatable bonds is 3. The van der Waals surface area contributed by atoms with Gasteiger partial charge in [0.05, 0.1) is 6.10 Å². The van der Waals surface area contributed by atoms with E-state index in [2.05, 4.69) is 17.9 Å². The van der Waals surface area contributed by atoms with Gasteiger partial charge in [0.1, 0.15) is 6.04 Å². The maximum absolute atomic E-state index is 10.5. The van der Waals surface area contributed by atoms with E-state index >= 15 is 0 Å². The van der Waals surface area contributed by atoms with Crippen LogP contribution in [0, 0.1) is 0 Å². The molecule has 0 saturated heterocycles. The molecule has 0 aliphatic heterocycles. The van der Waals surface area contributed by atoms with Crippen LogP contribution in [0.3, 0.4) is 0 Å². The zero-order valence-electron chi connectivity index (χ0n) is 5.46. The van der Waals surface area contributed by atoms with Gasteiger partial charge < -0.3 is 10.4 Å². The lowest BCUT2D eigenvalue weighted by Crippen LogP contribution is -2.40. The second kappa shape index (κ2) is 3.87. The Bertz CT molecular complexity index is 105. The third kappa shape index (κ3) is 2.84. The third-order valence-corrected chi connectivity index (χ3v) is 1.34. The predicted octanol–water partition coefficient (Wildman–Crippen LogP) is -0.588. The zero-order valence-corrected chi connectivity index (χ0v) is 6.35. The monoisotopic (exact) mass is 149 g/mol. The van der Waals surface area contributed by atoms with Gasteiger partial charge >= 0.3 is 0 Å². The van der Waals surface area contributed by atoms with Gasteiger partial charge in [-0.1, -0.05) is 0 Å². The summed E-state index contributed by atoms with van der Waals surface area (Å²) in [6.07, 6.45) is -0.681. The van der Waals surface area contributed by atoms with Gasteiger partial charge in [-0.3, -0.25) is 4.79 Å². The van der Waals surface area contributed by atoms with Gasteiger partial charge in [0.2, 0.25) is 5.12 Å². The standard InChI is InChI=1S/C5H11NO2S/c1-3(7)4(6-2)5(8)9/h3-4,6-7H,1-2H3,(H,8,9)/t3-,4+/m1/s1. The van der Waals surface area contributed by atoms with E-state index < -0.39 is 12.1 Å². The maximum Gasteiger partial charge on any atom is 0.205 e. The quantitative estimate of drug-likeness (QED) is 0.470. The molecule has 0 fully saturated rings. The number of carbonyl (C=O) groups is 1. The van der Waals surface area contributed by atoms with Crippen LogP contribution in [0.4, 0.5) is 0 Å². The number of carbonyl (C=O) groups excluding carboxylic acids is 1. The van der Waals surface area contributed by atoms with E-state index in [0.717, 1.165) is 0 Å². The van der Waals surface area contributed by atoms with Crippen LogP contribution in [0.5, 0.6) is 0 Å². The van der Waals surface area contributed by atoms with Crippen molar-refractivity contribution in [1.82, 2.24) is 5.32 Å².